The highest BCUT2D eigenvalue weighted by Crippen LogP contribution is 2.20. The molecule has 0 radical (unpaired) electrons. The Bertz CT molecular complexity index is 1010. The Morgan fingerprint density at radius 3 is 2.41 bits per heavy atom. The van der Waals surface area contributed by atoms with Crippen LogP contribution in [0.1, 0.15) is 17.0 Å². The summed E-state index contributed by atoms with van der Waals surface area (Å²) < 4.78 is 13.9. The van der Waals surface area contributed by atoms with Crippen molar-refractivity contribution >= 4 is 34.7 Å². The first-order valence-corrected chi connectivity index (χ1v) is 10.1. The van der Waals surface area contributed by atoms with Gasteiger partial charge in [0, 0.05) is 26.2 Å². The molecule has 0 spiro atoms. The van der Waals surface area contributed by atoms with Crippen molar-refractivity contribution < 1.29 is 14.3 Å². The number of hydrogen-bond acceptors (Lipinski definition) is 4. The van der Waals surface area contributed by atoms with Gasteiger partial charge in [-0.3, -0.25) is 4.79 Å². The molecular formula is C22H22IN3O3. The molecule has 150 valence electrons. The third kappa shape index (κ3) is 5.38. The van der Waals surface area contributed by atoms with Gasteiger partial charge in [0.05, 0.1) is 13.3 Å². The van der Waals surface area contributed by atoms with E-state index in [1.165, 1.54) is 3.57 Å². The van der Waals surface area contributed by atoms with Crippen molar-refractivity contribution in [3.63, 3.8) is 0 Å². The third-order valence-electron chi connectivity index (χ3n) is 4.38. The van der Waals surface area contributed by atoms with Crippen molar-refractivity contribution in [2.45, 2.75) is 13.8 Å². The molecule has 0 bridgehead atoms. The average molecular weight is 503 g/mol. The van der Waals surface area contributed by atoms with Crippen LogP contribution >= 0.6 is 22.6 Å². The third-order valence-corrected chi connectivity index (χ3v) is 5.10. The summed E-state index contributed by atoms with van der Waals surface area (Å²) >= 11 is 2.29. The molecule has 1 amide bonds. The van der Waals surface area contributed by atoms with Gasteiger partial charge in [-0.15, -0.1) is 0 Å². The topological polar surface area (TPSA) is 64.8 Å². The normalized spacial score (nSPS) is 10.9. The highest BCUT2D eigenvalue weighted by molar-refractivity contribution is 14.1. The zero-order valence-electron chi connectivity index (χ0n) is 16.5. The molecule has 0 saturated carbocycles. The number of nitrogens with zero attached hydrogens (tertiary/aromatic N) is 2. The molecule has 3 aromatic rings. The summed E-state index contributed by atoms with van der Waals surface area (Å²) in [6, 6.07) is 17.4. The molecule has 1 aromatic heterocycles. The lowest BCUT2D eigenvalue weighted by molar-refractivity contribution is -0.123. The summed E-state index contributed by atoms with van der Waals surface area (Å²) in [4.78, 5) is 12.0. The molecule has 0 aliphatic rings. The molecule has 6 nitrogen and oxygen atoms in total. The molecular weight excluding hydrogens is 481 g/mol. The number of aromatic nitrogens is 1. The van der Waals surface area contributed by atoms with Gasteiger partial charge in [0.1, 0.15) is 11.5 Å². The van der Waals surface area contributed by atoms with Gasteiger partial charge in [-0.05, 0) is 91.0 Å². The second-order valence-corrected chi connectivity index (χ2v) is 7.64. The fourth-order valence-electron chi connectivity index (χ4n) is 2.93. The summed E-state index contributed by atoms with van der Waals surface area (Å²) in [6.07, 6.45) is 1.65. The van der Waals surface area contributed by atoms with Crippen LogP contribution < -0.4 is 14.9 Å². The first-order valence-electron chi connectivity index (χ1n) is 9.01. The monoisotopic (exact) mass is 503 g/mol. The fraction of sp³-hybridized carbons (Fsp3) is 0.182. The van der Waals surface area contributed by atoms with Crippen molar-refractivity contribution in [1.29, 1.82) is 0 Å². The van der Waals surface area contributed by atoms with E-state index in [4.69, 9.17) is 9.47 Å². The number of nitrogens with one attached hydrogen (secondary N) is 1. The van der Waals surface area contributed by atoms with Crippen molar-refractivity contribution in [1.82, 2.24) is 9.99 Å². The zero-order valence-corrected chi connectivity index (χ0v) is 18.6. The Morgan fingerprint density at radius 1 is 1.10 bits per heavy atom. The van der Waals surface area contributed by atoms with E-state index < -0.39 is 0 Å². The van der Waals surface area contributed by atoms with Crippen molar-refractivity contribution in [3.05, 3.63) is 75.1 Å². The Kier molecular flexibility index (Phi) is 6.92. The quantitative estimate of drug-likeness (QED) is 0.298. The number of amides is 1. The lowest BCUT2D eigenvalue weighted by atomic mass is 10.2. The first kappa shape index (κ1) is 20.9. The van der Waals surface area contributed by atoms with Crippen LogP contribution in [-0.4, -0.2) is 30.4 Å². The predicted octanol–water partition coefficient (Wildman–Crippen LogP) is 4.24. The van der Waals surface area contributed by atoms with Crippen molar-refractivity contribution in [2.24, 2.45) is 5.10 Å². The minimum absolute atomic E-state index is 0.120. The molecule has 0 fully saturated rings. The van der Waals surface area contributed by atoms with E-state index in [0.29, 0.717) is 5.75 Å². The minimum atomic E-state index is -0.330. The molecule has 7 heteroatoms. The smallest absolute Gasteiger partial charge is 0.277 e. The maximum atomic E-state index is 12.0. The molecule has 1 N–H and O–H groups in total. The van der Waals surface area contributed by atoms with Gasteiger partial charge in [-0.2, -0.15) is 5.10 Å². The number of methoxy groups -OCH3 is 1. The number of hydrogen-bond donors (Lipinski definition) is 1. The lowest BCUT2D eigenvalue weighted by Gasteiger charge is -2.09. The van der Waals surface area contributed by atoms with E-state index in [1.807, 2.05) is 19.9 Å². The number of ether oxygens (including phenoxy) is 2. The number of carbonyl (C=O) groups excluding carboxylic acids is 1. The summed E-state index contributed by atoms with van der Waals surface area (Å²) in [7, 11) is 1.60. The van der Waals surface area contributed by atoms with E-state index in [2.05, 4.69) is 62.0 Å². The number of benzene rings is 2. The Labute approximate surface area is 183 Å². The molecule has 0 saturated heterocycles. The van der Waals surface area contributed by atoms with Crippen LogP contribution in [0.15, 0.2) is 59.7 Å². The van der Waals surface area contributed by atoms with E-state index in [-0.39, 0.29) is 12.5 Å². The molecule has 29 heavy (non-hydrogen) atoms. The van der Waals surface area contributed by atoms with Crippen molar-refractivity contribution in [3.8, 4) is 17.2 Å². The second-order valence-electron chi connectivity index (χ2n) is 6.40. The molecule has 0 aliphatic carbocycles. The molecule has 0 unspecified atom stereocenters. The average Bonchev–Trinajstić information content (AvgIpc) is 3.01. The highest BCUT2D eigenvalue weighted by atomic mass is 127. The summed E-state index contributed by atoms with van der Waals surface area (Å²) in [5, 5.41) is 4.07. The Hall–Kier alpha value is -2.81. The van der Waals surface area contributed by atoms with Crippen LogP contribution in [0.2, 0.25) is 0 Å². The predicted molar refractivity (Wildman–Crippen MR) is 122 cm³/mol. The molecule has 3 rings (SSSR count). The van der Waals surface area contributed by atoms with Crippen LogP contribution in [0.25, 0.3) is 5.69 Å². The van der Waals surface area contributed by atoms with Gasteiger partial charge in [0.25, 0.3) is 5.91 Å². The Balaban J connectivity index is 1.59. The zero-order chi connectivity index (χ0) is 20.8. The summed E-state index contributed by atoms with van der Waals surface area (Å²) in [5.74, 6) is 0.990. The van der Waals surface area contributed by atoms with Crippen LogP contribution in [0.5, 0.6) is 11.5 Å². The first-order chi connectivity index (χ1) is 14.0. The van der Waals surface area contributed by atoms with Gasteiger partial charge in [0.2, 0.25) is 0 Å². The Morgan fingerprint density at radius 2 is 1.76 bits per heavy atom. The largest absolute Gasteiger partial charge is 0.497 e. The maximum Gasteiger partial charge on any atom is 0.277 e. The van der Waals surface area contributed by atoms with Gasteiger partial charge in [-0.1, -0.05) is 0 Å². The number of aryl methyl sites for hydroxylation is 1. The van der Waals surface area contributed by atoms with Gasteiger partial charge >= 0.3 is 0 Å². The van der Waals surface area contributed by atoms with Crippen LogP contribution in [0.3, 0.4) is 0 Å². The van der Waals surface area contributed by atoms with Crippen LogP contribution in [0.4, 0.5) is 0 Å². The van der Waals surface area contributed by atoms with Crippen LogP contribution in [-0.2, 0) is 4.79 Å². The molecule has 2 aromatic carbocycles. The van der Waals surface area contributed by atoms with Gasteiger partial charge in [0.15, 0.2) is 6.61 Å². The maximum absolute atomic E-state index is 12.0. The highest BCUT2D eigenvalue weighted by Gasteiger charge is 2.09. The standard InChI is InChI=1S/C22H22IN3O3/c1-15-12-17(16(2)26(15)19-6-4-18(23)5-7-19)13-24-25-22(27)14-29-21-10-8-20(28-3)9-11-21/h4-13H,14H2,1-3H3,(H,25,27)/b24-13+. The number of hydrazone groups is 1. The summed E-state index contributed by atoms with van der Waals surface area (Å²) in [6.45, 7) is 3.95. The van der Waals surface area contributed by atoms with Gasteiger partial charge in [-0.25, -0.2) is 5.43 Å². The van der Waals surface area contributed by atoms with E-state index in [1.54, 1.807) is 37.6 Å². The van der Waals surface area contributed by atoms with Crippen LogP contribution in [0, 0.1) is 17.4 Å². The number of halogens is 1. The van der Waals surface area contributed by atoms with Gasteiger partial charge < -0.3 is 14.0 Å². The fourth-order valence-corrected chi connectivity index (χ4v) is 3.29. The van der Waals surface area contributed by atoms with E-state index in [9.17, 15) is 4.79 Å². The summed E-state index contributed by atoms with van der Waals surface area (Å²) in [5.41, 5.74) is 6.68. The lowest BCUT2D eigenvalue weighted by Crippen LogP contribution is -2.24. The molecule has 1 heterocycles. The molecule has 0 atom stereocenters. The van der Waals surface area contributed by atoms with E-state index >= 15 is 0 Å². The molecule has 0 aliphatic heterocycles. The van der Waals surface area contributed by atoms with E-state index in [0.717, 1.165) is 28.4 Å². The SMILES string of the molecule is COc1ccc(OCC(=O)N/N=C/c2cc(C)n(-c3ccc(I)cc3)c2C)cc1. The number of rotatable bonds is 7. The number of carbonyl (C=O) groups is 1. The second kappa shape index (κ2) is 9.60. The minimum Gasteiger partial charge on any atom is -0.497 e. The van der Waals surface area contributed by atoms with Crippen molar-refractivity contribution in [2.75, 3.05) is 13.7 Å².